The van der Waals surface area contributed by atoms with Crippen LogP contribution < -0.4 is 4.90 Å². The molecule has 6 heteroatoms. The largest absolute Gasteiger partial charge is 0.351 e. The van der Waals surface area contributed by atoms with Crippen LogP contribution in [0.3, 0.4) is 0 Å². The van der Waals surface area contributed by atoms with Gasteiger partial charge in [0, 0.05) is 23.5 Å². The van der Waals surface area contributed by atoms with Crippen LogP contribution in [0.1, 0.15) is 46.1 Å². The molecule has 0 N–H and O–H groups in total. The molecular formula is C26H29N3O3. The maximum Gasteiger partial charge on any atom is 0.235 e. The van der Waals surface area contributed by atoms with Crippen LogP contribution in [0.2, 0.25) is 0 Å². The number of ketones is 1. The highest BCUT2D eigenvalue weighted by Crippen LogP contribution is 2.51. The van der Waals surface area contributed by atoms with Crippen molar-refractivity contribution in [3.05, 3.63) is 42.1 Å². The highest BCUT2D eigenvalue weighted by Gasteiger charge is 2.64. The summed E-state index contributed by atoms with van der Waals surface area (Å²) < 4.78 is 0. The van der Waals surface area contributed by atoms with Crippen LogP contribution in [0.5, 0.6) is 0 Å². The lowest BCUT2D eigenvalue weighted by atomic mass is 9.79. The quantitative estimate of drug-likeness (QED) is 0.688. The van der Waals surface area contributed by atoms with E-state index >= 15 is 0 Å². The van der Waals surface area contributed by atoms with Gasteiger partial charge >= 0.3 is 0 Å². The van der Waals surface area contributed by atoms with Gasteiger partial charge in [-0.05, 0) is 18.1 Å². The zero-order valence-corrected chi connectivity index (χ0v) is 19.0. The first-order chi connectivity index (χ1) is 15.3. The molecule has 0 saturated carbocycles. The van der Waals surface area contributed by atoms with Crippen molar-refractivity contribution in [2.45, 2.75) is 52.6 Å². The van der Waals surface area contributed by atoms with Gasteiger partial charge in [-0.25, -0.2) is 0 Å². The molecule has 6 nitrogen and oxygen atoms in total. The zero-order valence-electron chi connectivity index (χ0n) is 19.0. The van der Waals surface area contributed by atoms with Gasteiger partial charge in [-0.2, -0.15) is 0 Å². The summed E-state index contributed by atoms with van der Waals surface area (Å²) in [6, 6.07) is 6.90. The van der Waals surface area contributed by atoms with E-state index in [1.165, 1.54) is 4.90 Å². The monoisotopic (exact) mass is 431 g/mol. The average Bonchev–Trinajstić information content (AvgIpc) is 3.23. The van der Waals surface area contributed by atoms with Crippen LogP contribution in [-0.2, 0) is 14.4 Å². The van der Waals surface area contributed by atoms with Crippen LogP contribution >= 0.6 is 0 Å². The molecule has 0 bridgehead atoms. The number of unbranched alkanes of at least 4 members (excludes halogenated alkanes) is 1. The molecule has 0 radical (unpaired) electrons. The lowest BCUT2D eigenvalue weighted by molar-refractivity contribution is -0.142. The molecule has 3 aliphatic heterocycles. The molecule has 0 spiro atoms. The Morgan fingerprint density at radius 2 is 1.84 bits per heavy atom. The first kappa shape index (κ1) is 20.9. The Morgan fingerprint density at radius 3 is 2.56 bits per heavy atom. The molecule has 2 aromatic rings. The number of carbonyl (C=O) groups excluding carboxylic acids is 3. The molecule has 2 amide bonds. The number of benzene rings is 1. The Morgan fingerprint density at radius 1 is 1.09 bits per heavy atom. The van der Waals surface area contributed by atoms with Crippen molar-refractivity contribution < 1.29 is 14.4 Å². The van der Waals surface area contributed by atoms with Crippen LogP contribution in [0.25, 0.3) is 17.0 Å². The minimum atomic E-state index is -0.690. The molecule has 1 aromatic heterocycles. The molecule has 5 rings (SSSR count). The minimum Gasteiger partial charge on any atom is -0.351 e. The predicted octanol–water partition coefficient (Wildman–Crippen LogP) is 3.84. The van der Waals surface area contributed by atoms with Gasteiger partial charge in [0.25, 0.3) is 0 Å². The van der Waals surface area contributed by atoms with Crippen LogP contribution in [0.4, 0.5) is 5.69 Å². The number of anilines is 1. The number of nitrogens with zero attached hydrogens (tertiary/aromatic N) is 3. The molecule has 1 aromatic carbocycles. The van der Waals surface area contributed by atoms with Gasteiger partial charge in [-0.3, -0.25) is 24.3 Å². The third-order valence-electron chi connectivity index (χ3n) is 7.07. The zero-order chi connectivity index (χ0) is 22.8. The SMILES string of the molecule is CCCCN1C(=O)[C@@H]2[C@H](C1=O)[C@H](C(=O)C(C)(C)C)N1c3c(ccc4cccnc34)C=C[C@@H]21. The van der Waals surface area contributed by atoms with Crippen LogP contribution in [0.15, 0.2) is 36.5 Å². The normalized spacial score (nSPS) is 26.5. The number of hydrogen-bond donors (Lipinski definition) is 0. The Labute approximate surface area is 188 Å². The number of pyridine rings is 1. The predicted molar refractivity (Wildman–Crippen MR) is 124 cm³/mol. The average molecular weight is 432 g/mol. The molecule has 2 saturated heterocycles. The third-order valence-corrected chi connectivity index (χ3v) is 7.07. The summed E-state index contributed by atoms with van der Waals surface area (Å²) >= 11 is 0. The molecule has 2 fully saturated rings. The van der Waals surface area contributed by atoms with E-state index in [0.29, 0.717) is 6.54 Å². The number of carbonyl (C=O) groups is 3. The molecule has 4 atom stereocenters. The fourth-order valence-corrected chi connectivity index (χ4v) is 5.52. The van der Waals surface area contributed by atoms with Crippen molar-refractivity contribution in [2.75, 3.05) is 11.4 Å². The molecule has 32 heavy (non-hydrogen) atoms. The summed E-state index contributed by atoms with van der Waals surface area (Å²) in [6.07, 6.45) is 7.43. The van der Waals surface area contributed by atoms with E-state index in [9.17, 15) is 14.4 Å². The van der Waals surface area contributed by atoms with E-state index in [-0.39, 0.29) is 23.6 Å². The molecular weight excluding hydrogens is 402 g/mol. The standard InChI is InChI=1S/C26H29N3O3/c1-5-6-14-28-24(31)18-17-12-11-16-10-9-15-8-7-13-27-20(15)21(16)29(17)22(19(18)25(28)32)23(30)26(2,3)4/h7-13,17-19,22H,5-6,14H2,1-4H3/t17-,18-,19-,22+/m0/s1. The smallest absolute Gasteiger partial charge is 0.235 e. The van der Waals surface area contributed by atoms with Crippen molar-refractivity contribution in [1.82, 2.24) is 9.88 Å². The van der Waals surface area contributed by atoms with Gasteiger partial charge in [0.15, 0.2) is 5.78 Å². The minimum absolute atomic E-state index is 0.0114. The van der Waals surface area contributed by atoms with Gasteiger partial charge in [0.05, 0.1) is 29.1 Å². The number of imide groups is 1. The second-order valence-corrected chi connectivity index (χ2v) is 10.1. The van der Waals surface area contributed by atoms with Crippen LogP contribution in [-0.4, -0.2) is 46.1 Å². The number of aromatic nitrogens is 1. The number of Topliss-reactive ketones (excluding diaryl/α,β-unsaturated/α-hetero) is 1. The summed E-state index contributed by atoms with van der Waals surface area (Å²) in [5.41, 5.74) is 1.97. The Balaban J connectivity index is 1.70. The first-order valence-corrected chi connectivity index (χ1v) is 11.5. The van der Waals surface area contributed by atoms with E-state index < -0.39 is 23.3 Å². The fourth-order valence-electron chi connectivity index (χ4n) is 5.52. The summed E-state index contributed by atoms with van der Waals surface area (Å²) in [5.74, 6) is -1.56. The highest BCUT2D eigenvalue weighted by molar-refractivity contribution is 6.13. The summed E-state index contributed by atoms with van der Waals surface area (Å²) in [4.78, 5) is 48.9. The lowest BCUT2D eigenvalue weighted by Gasteiger charge is -2.39. The van der Waals surface area contributed by atoms with E-state index in [1.807, 2.05) is 69.0 Å². The Kier molecular flexibility index (Phi) is 4.73. The first-order valence-electron chi connectivity index (χ1n) is 11.5. The van der Waals surface area contributed by atoms with E-state index in [1.54, 1.807) is 6.20 Å². The maximum absolute atomic E-state index is 13.8. The fraction of sp³-hybridized carbons (Fsp3) is 0.462. The third kappa shape index (κ3) is 2.85. The highest BCUT2D eigenvalue weighted by atomic mass is 16.2. The van der Waals surface area contributed by atoms with Crippen molar-refractivity contribution >= 4 is 40.3 Å². The number of likely N-dealkylation sites (tertiary alicyclic amines) is 1. The molecule has 3 aliphatic rings. The van der Waals surface area contributed by atoms with E-state index in [4.69, 9.17) is 0 Å². The molecule has 0 aliphatic carbocycles. The van der Waals surface area contributed by atoms with Gasteiger partial charge in [-0.15, -0.1) is 0 Å². The topological polar surface area (TPSA) is 70.6 Å². The summed E-state index contributed by atoms with van der Waals surface area (Å²) in [5, 5.41) is 0.974. The van der Waals surface area contributed by atoms with Crippen molar-refractivity contribution in [3.8, 4) is 0 Å². The van der Waals surface area contributed by atoms with Gasteiger partial charge in [0.2, 0.25) is 11.8 Å². The second kappa shape index (κ2) is 7.26. The molecule has 4 heterocycles. The lowest BCUT2D eigenvalue weighted by Crippen LogP contribution is -2.51. The number of rotatable bonds is 4. The van der Waals surface area contributed by atoms with Crippen LogP contribution in [0, 0.1) is 17.3 Å². The Hall–Kier alpha value is -3.02. The van der Waals surface area contributed by atoms with Crippen molar-refractivity contribution in [2.24, 2.45) is 17.3 Å². The van der Waals surface area contributed by atoms with E-state index in [2.05, 4.69) is 4.98 Å². The summed E-state index contributed by atoms with van der Waals surface area (Å²) in [7, 11) is 0. The van der Waals surface area contributed by atoms with Crippen molar-refractivity contribution in [3.63, 3.8) is 0 Å². The number of fused-ring (bicyclic) bond motifs is 7. The van der Waals surface area contributed by atoms with E-state index in [0.717, 1.165) is 35.0 Å². The number of hydrogen-bond acceptors (Lipinski definition) is 5. The molecule has 0 unspecified atom stereocenters. The Bertz CT molecular complexity index is 1160. The molecule has 166 valence electrons. The number of amides is 2. The van der Waals surface area contributed by atoms with Gasteiger partial charge in [0.1, 0.15) is 6.04 Å². The summed E-state index contributed by atoms with van der Waals surface area (Å²) in [6.45, 7) is 8.12. The van der Waals surface area contributed by atoms with Gasteiger partial charge < -0.3 is 4.90 Å². The van der Waals surface area contributed by atoms with Gasteiger partial charge in [-0.1, -0.05) is 64.5 Å². The van der Waals surface area contributed by atoms with Crippen molar-refractivity contribution in [1.29, 1.82) is 0 Å². The maximum atomic E-state index is 13.8. The second-order valence-electron chi connectivity index (χ2n) is 10.1.